The Morgan fingerprint density at radius 1 is 1.40 bits per heavy atom. The number of halogens is 3. The molecule has 1 amide bonds. The third-order valence-corrected chi connectivity index (χ3v) is 2.98. The summed E-state index contributed by atoms with van der Waals surface area (Å²) in [4.78, 5) is 19.7. The lowest BCUT2D eigenvalue weighted by atomic mass is 10.3. The fraction of sp³-hybridized carbons (Fsp3) is 0.545. The highest BCUT2D eigenvalue weighted by atomic mass is 35.5. The summed E-state index contributed by atoms with van der Waals surface area (Å²) in [5.74, 6) is -3.58. The summed E-state index contributed by atoms with van der Waals surface area (Å²) >= 11 is 1.10. The van der Waals surface area contributed by atoms with Crippen LogP contribution in [-0.2, 0) is 4.79 Å². The fourth-order valence-electron chi connectivity index (χ4n) is 1.24. The average Bonchev–Trinajstić information content (AvgIpc) is 2.33. The van der Waals surface area contributed by atoms with Gasteiger partial charge in [0.05, 0.1) is 18.8 Å². The monoisotopic (exact) mass is 326 g/mol. The van der Waals surface area contributed by atoms with Gasteiger partial charge in [-0.15, -0.1) is 12.4 Å². The van der Waals surface area contributed by atoms with Gasteiger partial charge < -0.3 is 11.1 Å². The van der Waals surface area contributed by atoms with E-state index < -0.39 is 24.9 Å². The molecule has 0 saturated heterocycles. The molecule has 1 aromatic rings. The molecule has 0 bridgehead atoms. The number of nitrogens with zero attached hydrogens (tertiary/aromatic N) is 2. The summed E-state index contributed by atoms with van der Waals surface area (Å²) in [6.07, 6.45) is 0. The predicted octanol–water partition coefficient (Wildman–Crippen LogP) is 1.32. The molecule has 0 unspecified atom stereocenters. The number of hydrogen-bond donors (Lipinski definition) is 2. The van der Waals surface area contributed by atoms with Crippen LogP contribution in [0.15, 0.2) is 11.2 Å². The first-order valence-corrected chi connectivity index (χ1v) is 6.60. The number of amides is 1. The Morgan fingerprint density at radius 3 is 2.45 bits per heavy atom. The maximum atomic E-state index is 12.8. The van der Waals surface area contributed by atoms with Gasteiger partial charge in [-0.2, -0.15) is 0 Å². The average molecular weight is 327 g/mol. The van der Waals surface area contributed by atoms with Crippen molar-refractivity contribution in [3.63, 3.8) is 0 Å². The van der Waals surface area contributed by atoms with Crippen LogP contribution in [0.2, 0.25) is 0 Å². The Morgan fingerprint density at radius 2 is 1.95 bits per heavy atom. The molecule has 0 aromatic carbocycles. The number of nitrogens with two attached hydrogens (primary N) is 1. The molecule has 1 heterocycles. The lowest BCUT2D eigenvalue weighted by Gasteiger charge is -2.14. The number of aryl methyl sites for hydroxylation is 2. The lowest BCUT2D eigenvalue weighted by Crippen LogP contribution is -2.42. The molecule has 1 rings (SSSR count). The molecule has 1 aromatic heterocycles. The van der Waals surface area contributed by atoms with Crippen molar-refractivity contribution >= 4 is 30.1 Å². The third kappa shape index (κ3) is 6.97. The highest BCUT2D eigenvalue weighted by molar-refractivity contribution is 7.99. The fourth-order valence-corrected chi connectivity index (χ4v) is 2.02. The maximum Gasteiger partial charge on any atom is 0.277 e. The zero-order valence-electron chi connectivity index (χ0n) is 11.2. The highest BCUT2D eigenvalue weighted by Crippen LogP contribution is 2.14. The third-order valence-electron chi connectivity index (χ3n) is 2.14. The molecule has 0 aliphatic heterocycles. The van der Waals surface area contributed by atoms with Gasteiger partial charge in [0.25, 0.3) is 5.92 Å². The second kappa shape index (κ2) is 8.33. The summed E-state index contributed by atoms with van der Waals surface area (Å²) in [6, 6.07) is 1.81. The quantitative estimate of drug-likeness (QED) is 0.608. The van der Waals surface area contributed by atoms with E-state index in [4.69, 9.17) is 5.73 Å². The van der Waals surface area contributed by atoms with Crippen LogP contribution in [0, 0.1) is 13.8 Å². The van der Waals surface area contributed by atoms with Crippen molar-refractivity contribution in [3.05, 3.63) is 17.5 Å². The van der Waals surface area contributed by atoms with Crippen LogP contribution in [0.25, 0.3) is 0 Å². The highest BCUT2D eigenvalue weighted by Gasteiger charge is 2.27. The van der Waals surface area contributed by atoms with Crippen molar-refractivity contribution in [3.8, 4) is 0 Å². The summed E-state index contributed by atoms with van der Waals surface area (Å²) in [7, 11) is 0. The summed E-state index contributed by atoms with van der Waals surface area (Å²) in [5.41, 5.74) is 6.46. The van der Waals surface area contributed by atoms with Gasteiger partial charge in [-0.05, 0) is 19.9 Å². The van der Waals surface area contributed by atoms with Crippen LogP contribution in [0.5, 0.6) is 0 Å². The van der Waals surface area contributed by atoms with Crippen LogP contribution in [0.3, 0.4) is 0 Å². The molecule has 0 radical (unpaired) electrons. The zero-order chi connectivity index (χ0) is 14.5. The van der Waals surface area contributed by atoms with E-state index in [1.165, 1.54) is 0 Å². The Kier molecular flexibility index (Phi) is 7.92. The normalized spacial score (nSPS) is 10.8. The van der Waals surface area contributed by atoms with Crippen molar-refractivity contribution in [1.82, 2.24) is 15.3 Å². The molecule has 0 atom stereocenters. The van der Waals surface area contributed by atoms with Gasteiger partial charge in [-0.3, -0.25) is 4.79 Å². The van der Waals surface area contributed by atoms with E-state index >= 15 is 0 Å². The standard InChI is InChI=1S/C11H16F2N4OS.ClH/c1-7-3-8(2)17-10(16-7)19-4-9(18)15-6-11(12,13)5-14;/h3H,4-6,14H2,1-2H3,(H,15,18);1H. The molecule has 0 fully saturated rings. The number of carbonyl (C=O) groups is 1. The van der Waals surface area contributed by atoms with E-state index in [1.807, 2.05) is 19.9 Å². The van der Waals surface area contributed by atoms with E-state index in [0.717, 1.165) is 23.1 Å². The van der Waals surface area contributed by atoms with E-state index in [1.54, 1.807) is 0 Å². The minimum absolute atomic E-state index is 0. The molecular formula is C11H17ClF2N4OS. The molecule has 114 valence electrons. The Balaban J connectivity index is 0.00000361. The minimum Gasteiger partial charge on any atom is -0.349 e. The number of carbonyl (C=O) groups excluding carboxylic acids is 1. The maximum absolute atomic E-state index is 12.8. The number of hydrogen-bond acceptors (Lipinski definition) is 5. The van der Waals surface area contributed by atoms with Gasteiger partial charge in [-0.25, -0.2) is 18.7 Å². The molecule has 5 nitrogen and oxygen atoms in total. The first-order chi connectivity index (χ1) is 8.82. The van der Waals surface area contributed by atoms with Crippen LogP contribution < -0.4 is 11.1 Å². The molecule has 0 saturated carbocycles. The molecule has 0 aliphatic rings. The van der Waals surface area contributed by atoms with E-state index in [0.29, 0.717) is 5.16 Å². The van der Waals surface area contributed by atoms with Gasteiger partial charge in [0, 0.05) is 11.4 Å². The zero-order valence-corrected chi connectivity index (χ0v) is 12.8. The number of thioether (sulfide) groups is 1. The molecule has 20 heavy (non-hydrogen) atoms. The van der Waals surface area contributed by atoms with Crippen molar-refractivity contribution in [2.75, 3.05) is 18.8 Å². The number of rotatable bonds is 6. The summed E-state index contributed by atoms with van der Waals surface area (Å²) < 4.78 is 25.6. The van der Waals surface area contributed by atoms with Crippen LogP contribution in [0.4, 0.5) is 8.78 Å². The first-order valence-electron chi connectivity index (χ1n) is 5.62. The first kappa shape index (κ1) is 19.0. The van der Waals surface area contributed by atoms with Gasteiger partial charge >= 0.3 is 0 Å². The van der Waals surface area contributed by atoms with Crippen molar-refractivity contribution in [2.45, 2.75) is 24.9 Å². The van der Waals surface area contributed by atoms with Crippen molar-refractivity contribution < 1.29 is 13.6 Å². The van der Waals surface area contributed by atoms with Gasteiger partial charge in [0.15, 0.2) is 5.16 Å². The second-order valence-corrected chi connectivity index (χ2v) is 5.00. The number of nitrogens with one attached hydrogen (secondary N) is 1. The minimum atomic E-state index is -3.07. The molecular weight excluding hydrogens is 310 g/mol. The number of alkyl halides is 2. The molecule has 0 spiro atoms. The Bertz CT molecular complexity index is 442. The van der Waals surface area contributed by atoms with Gasteiger partial charge in [0.1, 0.15) is 0 Å². The predicted molar refractivity (Wildman–Crippen MR) is 76.5 cm³/mol. The summed E-state index contributed by atoms with van der Waals surface area (Å²) in [6.45, 7) is 2.10. The summed E-state index contributed by atoms with van der Waals surface area (Å²) in [5, 5.41) is 2.58. The second-order valence-electron chi connectivity index (χ2n) is 4.06. The van der Waals surface area contributed by atoms with Gasteiger partial charge in [-0.1, -0.05) is 11.8 Å². The van der Waals surface area contributed by atoms with Crippen molar-refractivity contribution in [2.24, 2.45) is 5.73 Å². The van der Waals surface area contributed by atoms with Crippen LogP contribution in [0.1, 0.15) is 11.4 Å². The Labute approximate surface area is 126 Å². The molecule has 3 N–H and O–H groups in total. The Hall–Kier alpha value is -0.990. The van der Waals surface area contributed by atoms with E-state index in [2.05, 4.69) is 15.3 Å². The van der Waals surface area contributed by atoms with E-state index in [-0.39, 0.29) is 18.2 Å². The molecule has 9 heteroatoms. The van der Waals surface area contributed by atoms with Crippen LogP contribution >= 0.6 is 24.2 Å². The molecule has 0 aliphatic carbocycles. The largest absolute Gasteiger partial charge is 0.349 e. The number of aromatic nitrogens is 2. The van der Waals surface area contributed by atoms with Crippen molar-refractivity contribution in [1.29, 1.82) is 0 Å². The van der Waals surface area contributed by atoms with Crippen LogP contribution in [-0.4, -0.2) is 40.6 Å². The smallest absolute Gasteiger partial charge is 0.277 e. The topological polar surface area (TPSA) is 80.9 Å². The SMILES string of the molecule is Cc1cc(C)nc(SCC(=O)NCC(F)(F)CN)n1.Cl. The van der Waals surface area contributed by atoms with E-state index in [9.17, 15) is 13.6 Å². The van der Waals surface area contributed by atoms with Gasteiger partial charge in [0.2, 0.25) is 5.91 Å². The lowest BCUT2D eigenvalue weighted by molar-refractivity contribution is -0.120.